The molecule has 0 amide bonds. The molecular formula is C3ClF6NS. The zero-order chi connectivity index (χ0) is 9.99. The van der Waals surface area contributed by atoms with Gasteiger partial charge in [-0.15, -0.1) is 0 Å². The van der Waals surface area contributed by atoms with Crippen molar-refractivity contribution in [2.75, 3.05) is 0 Å². The SMILES string of the molecule is FC(F)(F)SN=C(Cl)C(F)(F)F. The third-order valence-corrected chi connectivity index (χ3v) is 1.34. The van der Waals surface area contributed by atoms with Crippen LogP contribution in [0.2, 0.25) is 0 Å². The lowest BCUT2D eigenvalue weighted by Crippen LogP contribution is -2.17. The molecule has 0 saturated carbocycles. The Bertz CT molecular complexity index is 182. The highest BCUT2D eigenvalue weighted by atomic mass is 35.5. The van der Waals surface area contributed by atoms with Gasteiger partial charge in [-0.25, -0.2) is 0 Å². The predicted molar refractivity (Wildman–Crippen MR) is 33.0 cm³/mol. The van der Waals surface area contributed by atoms with Gasteiger partial charge in [0, 0.05) is 0 Å². The van der Waals surface area contributed by atoms with E-state index in [1.807, 2.05) is 4.40 Å². The van der Waals surface area contributed by atoms with Crippen molar-refractivity contribution in [2.45, 2.75) is 11.7 Å². The molecule has 0 saturated heterocycles. The van der Waals surface area contributed by atoms with Crippen LogP contribution in [0.25, 0.3) is 0 Å². The Balaban J connectivity index is 4.21. The zero-order valence-electron chi connectivity index (χ0n) is 5.00. The number of rotatable bonds is 1. The van der Waals surface area contributed by atoms with Gasteiger partial charge in [-0.3, -0.25) is 0 Å². The van der Waals surface area contributed by atoms with Gasteiger partial charge in [-0.05, 0) is 0 Å². The zero-order valence-corrected chi connectivity index (χ0v) is 6.57. The van der Waals surface area contributed by atoms with Crippen LogP contribution in [0.4, 0.5) is 26.3 Å². The summed E-state index contributed by atoms with van der Waals surface area (Å²) >= 11 is 3.17. The minimum atomic E-state index is -5.03. The summed E-state index contributed by atoms with van der Waals surface area (Å²) in [5, 5.41) is -2.04. The summed E-state index contributed by atoms with van der Waals surface area (Å²) < 4.78 is 69.9. The number of alkyl halides is 6. The lowest BCUT2D eigenvalue weighted by atomic mass is 10.7. The Labute approximate surface area is 71.9 Å². The molecule has 9 heteroatoms. The van der Waals surface area contributed by atoms with Crippen LogP contribution in [-0.2, 0) is 0 Å². The average Bonchev–Trinajstić information content (AvgIpc) is 1.78. The lowest BCUT2D eigenvalue weighted by Gasteiger charge is -2.03. The van der Waals surface area contributed by atoms with Crippen molar-refractivity contribution in [2.24, 2.45) is 4.40 Å². The first-order chi connectivity index (χ1) is 5.13. The van der Waals surface area contributed by atoms with Gasteiger partial charge in [0.05, 0.1) is 11.9 Å². The van der Waals surface area contributed by atoms with E-state index >= 15 is 0 Å². The smallest absolute Gasteiger partial charge is 0.190 e. The number of hydrogen-bond acceptors (Lipinski definition) is 2. The third-order valence-electron chi connectivity index (χ3n) is 0.463. The molecule has 0 aliphatic heterocycles. The topological polar surface area (TPSA) is 12.4 Å². The van der Waals surface area contributed by atoms with Crippen LogP contribution in [0.15, 0.2) is 4.40 Å². The van der Waals surface area contributed by atoms with E-state index in [1.54, 1.807) is 0 Å². The fourth-order valence-electron chi connectivity index (χ4n) is 0.144. The fraction of sp³-hybridized carbons (Fsp3) is 0.667. The highest BCUT2D eigenvalue weighted by molar-refractivity contribution is 7.99. The molecule has 1 nitrogen and oxygen atoms in total. The Kier molecular flexibility index (Phi) is 3.70. The normalized spacial score (nSPS) is 15.1. The Morgan fingerprint density at radius 3 is 1.75 bits per heavy atom. The van der Waals surface area contributed by atoms with E-state index in [9.17, 15) is 26.3 Å². The summed E-state index contributed by atoms with van der Waals surface area (Å²) in [5.74, 6) is 0. The van der Waals surface area contributed by atoms with Gasteiger partial charge < -0.3 is 0 Å². The summed E-state index contributed by atoms with van der Waals surface area (Å²) in [6.07, 6.45) is -5.03. The molecular weight excluding hydrogens is 232 g/mol. The van der Waals surface area contributed by atoms with Crippen molar-refractivity contribution in [3.63, 3.8) is 0 Å². The maximum absolute atomic E-state index is 11.4. The first-order valence-corrected chi connectivity index (χ1v) is 3.33. The predicted octanol–water partition coefficient (Wildman–Crippen LogP) is 3.35. The molecule has 0 N–H and O–H groups in total. The fourth-order valence-corrected chi connectivity index (χ4v) is 0.534. The molecule has 72 valence electrons. The molecule has 12 heavy (non-hydrogen) atoms. The number of hydrogen-bond donors (Lipinski definition) is 0. The van der Waals surface area contributed by atoms with Crippen molar-refractivity contribution in [3.05, 3.63) is 0 Å². The molecule has 0 spiro atoms. The van der Waals surface area contributed by atoms with E-state index < -0.39 is 28.8 Å². The van der Waals surface area contributed by atoms with Gasteiger partial charge in [0.2, 0.25) is 5.17 Å². The summed E-state index contributed by atoms with van der Waals surface area (Å²) in [7, 11) is 0. The highest BCUT2D eigenvalue weighted by Crippen LogP contribution is 2.33. The molecule has 0 aliphatic rings. The second kappa shape index (κ2) is 3.73. The molecule has 0 heterocycles. The van der Waals surface area contributed by atoms with E-state index in [2.05, 4.69) is 11.6 Å². The van der Waals surface area contributed by atoms with Crippen LogP contribution in [-0.4, -0.2) is 16.9 Å². The Morgan fingerprint density at radius 1 is 1.08 bits per heavy atom. The molecule has 0 rings (SSSR count). The van der Waals surface area contributed by atoms with E-state index in [0.717, 1.165) is 0 Å². The van der Waals surface area contributed by atoms with Crippen LogP contribution < -0.4 is 0 Å². The third kappa shape index (κ3) is 5.53. The molecule has 0 bridgehead atoms. The van der Waals surface area contributed by atoms with Gasteiger partial charge in [0.1, 0.15) is 0 Å². The summed E-state index contributed by atoms with van der Waals surface area (Å²) in [5.41, 5.74) is -4.86. The maximum Gasteiger partial charge on any atom is 0.463 e. The van der Waals surface area contributed by atoms with Crippen molar-refractivity contribution >= 4 is 28.7 Å². The summed E-state index contributed by atoms with van der Waals surface area (Å²) in [6.45, 7) is 0. The van der Waals surface area contributed by atoms with Crippen LogP contribution in [0, 0.1) is 0 Å². The van der Waals surface area contributed by atoms with E-state index in [-0.39, 0.29) is 0 Å². The summed E-state index contributed by atoms with van der Waals surface area (Å²) in [4.78, 5) is 0. The minimum absolute atomic E-state index is 1.20. The van der Waals surface area contributed by atoms with E-state index in [4.69, 9.17) is 0 Å². The molecule has 0 aromatic rings. The Hall–Kier alpha value is -0.110. The highest BCUT2D eigenvalue weighted by Gasteiger charge is 2.37. The summed E-state index contributed by atoms with van der Waals surface area (Å²) in [6, 6.07) is 0. The molecule has 0 unspecified atom stereocenters. The maximum atomic E-state index is 11.4. The standard InChI is InChI=1S/C3ClF6NS/c4-1(2(5,6)7)11-12-3(8,9)10. The van der Waals surface area contributed by atoms with E-state index in [0.29, 0.717) is 0 Å². The lowest BCUT2D eigenvalue weighted by molar-refractivity contribution is -0.0557. The van der Waals surface area contributed by atoms with Gasteiger partial charge in [0.25, 0.3) is 0 Å². The Morgan fingerprint density at radius 2 is 1.50 bits per heavy atom. The first kappa shape index (κ1) is 11.9. The van der Waals surface area contributed by atoms with Crippen LogP contribution >= 0.6 is 23.5 Å². The number of nitrogens with zero attached hydrogens (tertiary/aromatic N) is 1. The second-order valence-corrected chi connectivity index (χ2v) is 2.60. The van der Waals surface area contributed by atoms with Crippen LogP contribution in [0.1, 0.15) is 0 Å². The van der Waals surface area contributed by atoms with Crippen LogP contribution in [0.3, 0.4) is 0 Å². The first-order valence-electron chi connectivity index (χ1n) is 2.18. The molecule has 0 aliphatic carbocycles. The largest absolute Gasteiger partial charge is 0.463 e. The number of halogens is 7. The minimum Gasteiger partial charge on any atom is -0.190 e. The van der Waals surface area contributed by atoms with Gasteiger partial charge in [0.15, 0.2) is 0 Å². The second-order valence-electron chi connectivity index (χ2n) is 1.42. The van der Waals surface area contributed by atoms with Gasteiger partial charge in [-0.1, -0.05) is 11.6 Å². The van der Waals surface area contributed by atoms with Crippen molar-refractivity contribution < 1.29 is 26.3 Å². The molecule has 0 aromatic carbocycles. The average molecular weight is 232 g/mol. The monoisotopic (exact) mass is 231 g/mol. The molecule has 0 atom stereocenters. The quantitative estimate of drug-likeness (QED) is 0.383. The molecule has 0 aromatic heterocycles. The van der Waals surface area contributed by atoms with Crippen LogP contribution in [0.5, 0.6) is 0 Å². The van der Waals surface area contributed by atoms with Crippen molar-refractivity contribution in [1.29, 1.82) is 0 Å². The molecule has 0 fully saturated rings. The van der Waals surface area contributed by atoms with Gasteiger partial charge >= 0.3 is 11.7 Å². The van der Waals surface area contributed by atoms with Crippen molar-refractivity contribution in [3.8, 4) is 0 Å². The van der Waals surface area contributed by atoms with Crippen molar-refractivity contribution in [1.82, 2.24) is 0 Å². The van der Waals surface area contributed by atoms with Gasteiger partial charge in [-0.2, -0.15) is 30.7 Å². The van der Waals surface area contributed by atoms with E-state index in [1.165, 1.54) is 0 Å². The molecule has 0 radical (unpaired) electrons.